The Bertz CT molecular complexity index is 361. The van der Waals surface area contributed by atoms with Crippen LogP contribution in [0.4, 0.5) is 0 Å². The highest BCUT2D eigenvalue weighted by atomic mass is 16.4. The van der Waals surface area contributed by atoms with Crippen molar-refractivity contribution in [3.05, 3.63) is 0 Å². The second-order valence-electron chi connectivity index (χ2n) is 7.08. The van der Waals surface area contributed by atoms with Gasteiger partial charge in [-0.1, -0.05) is 13.8 Å². The van der Waals surface area contributed by atoms with Crippen molar-refractivity contribution in [1.82, 2.24) is 10.2 Å². The molecule has 1 aliphatic rings. The number of hydrogen-bond acceptors (Lipinski definition) is 3. The van der Waals surface area contributed by atoms with Gasteiger partial charge in [-0.25, -0.2) is 0 Å². The summed E-state index contributed by atoms with van der Waals surface area (Å²) in [5.41, 5.74) is -0.627. The van der Waals surface area contributed by atoms with E-state index < -0.39 is 11.4 Å². The largest absolute Gasteiger partial charge is 0.481 e. The number of nitrogens with one attached hydrogen (secondary N) is 1. The lowest BCUT2D eigenvalue weighted by Crippen LogP contribution is -2.47. The van der Waals surface area contributed by atoms with Gasteiger partial charge in [-0.05, 0) is 58.5 Å². The highest BCUT2D eigenvalue weighted by molar-refractivity contribution is 5.78. The number of likely N-dealkylation sites (tertiary alicyclic amines) is 1. The van der Waals surface area contributed by atoms with Crippen molar-refractivity contribution in [2.24, 2.45) is 11.3 Å². The minimum absolute atomic E-state index is 0.0465. The van der Waals surface area contributed by atoms with E-state index in [2.05, 4.69) is 24.1 Å². The average Bonchev–Trinajstić information content (AvgIpc) is 2.39. The van der Waals surface area contributed by atoms with Crippen molar-refractivity contribution in [1.29, 1.82) is 0 Å². The molecule has 0 radical (unpaired) electrons. The molecule has 0 aromatic heterocycles. The Labute approximate surface area is 128 Å². The third kappa shape index (κ3) is 6.04. The lowest BCUT2D eigenvalue weighted by molar-refractivity contribution is -0.150. The highest BCUT2D eigenvalue weighted by Gasteiger charge is 2.37. The summed E-state index contributed by atoms with van der Waals surface area (Å²) in [4.78, 5) is 25.2. The molecule has 1 aliphatic heterocycles. The summed E-state index contributed by atoms with van der Waals surface area (Å²) in [6.45, 7) is 9.93. The summed E-state index contributed by atoms with van der Waals surface area (Å²) in [5.74, 6) is -0.0285. The van der Waals surface area contributed by atoms with Crippen LogP contribution >= 0.6 is 0 Å². The smallest absolute Gasteiger partial charge is 0.309 e. The normalized spacial score (nSPS) is 20.2. The Kier molecular flexibility index (Phi) is 6.65. The first-order valence-corrected chi connectivity index (χ1v) is 7.98. The van der Waals surface area contributed by atoms with Crippen LogP contribution in [0.25, 0.3) is 0 Å². The average molecular weight is 298 g/mol. The Hall–Kier alpha value is -1.10. The summed E-state index contributed by atoms with van der Waals surface area (Å²) in [6, 6.07) is 0.203. The molecule has 1 amide bonds. The Morgan fingerprint density at radius 2 is 1.76 bits per heavy atom. The SMILES string of the molecule is CC(C)CCC(C)NC(=O)CN1CCC(C)(C(=O)O)CC1. The topological polar surface area (TPSA) is 69.6 Å². The summed E-state index contributed by atoms with van der Waals surface area (Å²) >= 11 is 0. The maximum Gasteiger partial charge on any atom is 0.309 e. The van der Waals surface area contributed by atoms with E-state index in [0.717, 1.165) is 12.8 Å². The van der Waals surface area contributed by atoms with Crippen LogP contribution in [0.2, 0.25) is 0 Å². The fraction of sp³-hybridized carbons (Fsp3) is 0.875. The van der Waals surface area contributed by atoms with Gasteiger partial charge >= 0.3 is 5.97 Å². The first kappa shape index (κ1) is 18.0. The summed E-state index contributed by atoms with van der Waals surface area (Å²) in [7, 11) is 0. The Morgan fingerprint density at radius 3 is 2.24 bits per heavy atom. The zero-order valence-electron chi connectivity index (χ0n) is 13.8. The third-order valence-electron chi connectivity index (χ3n) is 4.43. The molecule has 0 aromatic rings. The lowest BCUT2D eigenvalue weighted by Gasteiger charge is -2.36. The fourth-order valence-corrected chi connectivity index (χ4v) is 2.60. The van der Waals surface area contributed by atoms with Gasteiger partial charge in [0.25, 0.3) is 0 Å². The van der Waals surface area contributed by atoms with Gasteiger partial charge < -0.3 is 10.4 Å². The van der Waals surface area contributed by atoms with Gasteiger partial charge in [0.2, 0.25) is 5.91 Å². The maximum atomic E-state index is 12.0. The van der Waals surface area contributed by atoms with Gasteiger partial charge in [0.05, 0.1) is 12.0 Å². The number of nitrogens with zero attached hydrogens (tertiary/aromatic N) is 1. The number of piperidine rings is 1. The number of hydrogen-bond donors (Lipinski definition) is 2. The second kappa shape index (κ2) is 7.78. The number of carbonyl (C=O) groups excluding carboxylic acids is 1. The van der Waals surface area contributed by atoms with Gasteiger partial charge in [-0.15, -0.1) is 0 Å². The summed E-state index contributed by atoms with van der Waals surface area (Å²) in [5, 5.41) is 12.2. The highest BCUT2D eigenvalue weighted by Crippen LogP contribution is 2.30. The fourth-order valence-electron chi connectivity index (χ4n) is 2.60. The van der Waals surface area contributed by atoms with Crippen molar-refractivity contribution in [3.8, 4) is 0 Å². The first-order valence-electron chi connectivity index (χ1n) is 7.98. The minimum atomic E-state index is -0.728. The minimum Gasteiger partial charge on any atom is -0.481 e. The molecule has 1 heterocycles. The van der Waals surface area contributed by atoms with Gasteiger partial charge in [0, 0.05) is 6.04 Å². The lowest BCUT2D eigenvalue weighted by atomic mass is 9.80. The summed E-state index contributed by atoms with van der Waals surface area (Å²) < 4.78 is 0. The molecule has 0 spiro atoms. The molecular weight excluding hydrogens is 268 g/mol. The van der Waals surface area contributed by atoms with Crippen LogP contribution in [0.15, 0.2) is 0 Å². The Morgan fingerprint density at radius 1 is 1.19 bits per heavy atom. The molecule has 0 saturated carbocycles. The van der Waals surface area contributed by atoms with E-state index in [4.69, 9.17) is 0 Å². The molecule has 0 aliphatic carbocycles. The molecule has 1 saturated heterocycles. The predicted molar refractivity (Wildman–Crippen MR) is 83.1 cm³/mol. The van der Waals surface area contributed by atoms with E-state index in [0.29, 0.717) is 38.4 Å². The second-order valence-corrected chi connectivity index (χ2v) is 7.08. The number of rotatable bonds is 7. The molecule has 1 fully saturated rings. The number of amides is 1. The molecule has 21 heavy (non-hydrogen) atoms. The number of carboxylic acids is 1. The summed E-state index contributed by atoms with van der Waals surface area (Å²) in [6.07, 6.45) is 3.33. The molecule has 122 valence electrons. The van der Waals surface area contributed by atoms with Gasteiger partial charge in [0.15, 0.2) is 0 Å². The van der Waals surface area contributed by atoms with E-state index in [1.165, 1.54) is 0 Å². The van der Waals surface area contributed by atoms with E-state index in [9.17, 15) is 14.7 Å². The Balaban J connectivity index is 2.29. The van der Waals surface area contributed by atoms with Gasteiger partial charge in [-0.3, -0.25) is 14.5 Å². The number of carboxylic acid groups (broad SMARTS) is 1. The van der Waals surface area contributed by atoms with Crippen LogP contribution in [0.5, 0.6) is 0 Å². The van der Waals surface area contributed by atoms with Crippen LogP contribution in [0.1, 0.15) is 53.4 Å². The van der Waals surface area contributed by atoms with Crippen LogP contribution < -0.4 is 5.32 Å². The zero-order valence-corrected chi connectivity index (χ0v) is 13.8. The van der Waals surface area contributed by atoms with E-state index in [-0.39, 0.29) is 11.9 Å². The van der Waals surface area contributed by atoms with Gasteiger partial charge in [-0.2, -0.15) is 0 Å². The molecule has 1 atom stereocenters. The molecule has 0 bridgehead atoms. The first-order chi connectivity index (χ1) is 9.73. The van der Waals surface area contributed by atoms with E-state index >= 15 is 0 Å². The predicted octanol–water partition coefficient (Wildman–Crippen LogP) is 2.11. The van der Waals surface area contributed by atoms with Gasteiger partial charge in [0.1, 0.15) is 0 Å². The molecule has 1 unspecified atom stereocenters. The van der Waals surface area contributed by atoms with E-state index in [1.54, 1.807) is 6.92 Å². The third-order valence-corrected chi connectivity index (χ3v) is 4.43. The molecule has 5 nitrogen and oxygen atoms in total. The molecular formula is C16H30N2O3. The van der Waals surface area contributed by atoms with Crippen molar-refractivity contribution >= 4 is 11.9 Å². The zero-order chi connectivity index (χ0) is 16.0. The molecule has 2 N–H and O–H groups in total. The quantitative estimate of drug-likeness (QED) is 0.755. The van der Waals surface area contributed by atoms with Crippen molar-refractivity contribution < 1.29 is 14.7 Å². The standard InChI is InChI=1S/C16H30N2O3/c1-12(2)5-6-13(3)17-14(19)11-18-9-7-16(4,8-10-18)15(20)21/h12-13H,5-11H2,1-4H3,(H,17,19)(H,20,21). The monoisotopic (exact) mass is 298 g/mol. The van der Waals surface area contributed by atoms with Crippen LogP contribution in [0.3, 0.4) is 0 Å². The van der Waals surface area contributed by atoms with Crippen molar-refractivity contribution in [2.45, 2.75) is 59.4 Å². The molecule has 1 rings (SSSR count). The van der Waals surface area contributed by atoms with Crippen LogP contribution in [-0.4, -0.2) is 47.6 Å². The number of aliphatic carboxylic acids is 1. The van der Waals surface area contributed by atoms with Crippen molar-refractivity contribution in [3.63, 3.8) is 0 Å². The van der Waals surface area contributed by atoms with E-state index in [1.807, 2.05) is 6.92 Å². The molecule has 5 heteroatoms. The van der Waals surface area contributed by atoms with Crippen molar-refractivity contribution in [2.75, 3.05) is 19.6 Å². The number of carbonyl (C=O) groups is 2. The molecule has 0 aromatic carbocycles. The van der Waals surface area contributed by atoms with Crippen LogP contribution in [-0.2, 0) is 9.59 Å². The van der Waals surface area contributed by atoms with Crippen LogP contribution in [0, 0.1) is 11.3 Å². The maximum absolute atomic E-state index is 12.0.